The van der Waals surface area contributed by atoms with Gasteiger partial charge < -0.3 is 5.73 Å². The van der Waals surface area contributed by atoms with Crippen molar-refractivity contribution in [1.29, 1.82) is 0 Å². The molecule has 1 atom stereocenters. The molecule has 84 valence electrons. The molecule has 0 aliphatic carbocycles. The average molecular weight is 235 g/mol. The Labute approximate surface area is 98.7 Å². The van der Waals surface area contributed by atoms with E-state index in [0.717, 1.165) is 5.56 Å². The maximum absolute atomic E-state index is 13.7. The van der Waals surface area contributed by atoms with Crippen LogP contribution in [0.4, 0.5) is 4.39 Å². The first-order valence-electron chi connectivity index (χ1n) is 5.21. The maximum Gasteiger partial charge on any atom is 0.128 e. The summed E-state index contributed by atoms with van der Waals surface area (Å²) < 4.78 is 13.7. The summed E-state index contributed by atoms with van der Waals surface area (Å²) in [6.07, 6.45) is 0.692. The maximum atomic E-state index is 13.7. The molecule has 0 spiro atoms. The number of rotatable bonds is 3. The van der Waals surface area contributed by atoms with E-state index in [1.807, 2.05) is 30.5 Å². The zero-order valence-corrected chi connectivity index (χ0v) is 9.93. The van der Waals surface area contributed by atoms with E-state index in [9.17, 15) is 4.39 Å². The fourth-order valence-corrected chi connectivity index (χ4v) is 2.45. The van der Waals surface area contributed by atoms with E-state index in [-0.39, 0.29) is 11.9 Å². The summed E-state index contributed by atoms with van der Waals surface area (Å²) in [5.74, 6) is -0.205. The van der Waals surface area contributed by atoms with Crippen LogP contribution in [0.15, 0.2) is 35.7 Å². The minimum Gasteiger partial charge on any atom is -0.324 e. The summed E-state index contributed by atoms with van der Waals surface area (Å²) in [7, 11) is 0. The van der Waals surface area contributed by atoms with Gasteiger partial charge in [-0.15, -0.1) is 11.3 Å². The van der Waals surface area contributed by atoms with Crippen molar-refractivity contribution in [3.8, 4) is 0 Å². The summed E-state index contributed by atoms with van der Waals surface area (Å²) in [5.41, 5.74) is 7.52. The molecule has 1 aromatic carbocycles. The summed E-state index contributed by atoms with van der Waals surface area (Å²) >= 11 is 1.65. The van der Waals surface area contributed by atoms with Crippen LogP contribution in [0, 0.1) is 12.7 Å². The molecule has 0 saturated carbocycles. The molecule has 0 aliphatic heterocycles. The molecule has 3 heteroatoms. The fraction of sp³-hybridized carbons (Fsp3) is 0.231. The highest BCUT2D eigenvalue weighted by molar-refractivity contribution is 7.09. The topological polar surface area (TPSA) is 26.0 Å². The molecule has 0 amide bonds. The van der Waals surface area contributed by atoms with Gasteiger partial charge in [-0.05, 0) is 30.0 Å². The Kier molecular flexibility index (Phi) is 3.36. The Morgan fingerprint density at radius 1 is 1.38 bits per heavy atom. The molecule has 0 aliphatic rings. The van der Waals surface area contributed by atoms with Crippen LogP contribution in [-0.4, -0.2) is 0 Å². The molecule has 2 aromatic rings. The van der Waals surface area contributed by atoms with Crippen LogP contribution < -0.4 is 5.73 Å². The van der Waals surface area contributed by atoms with Gasteiger partial charge in [-0.2, -0.15) is 0 Å². The third kappa shape index (κ3) is 2.49. The first kappa shape index (κ1) is 11.3. The second-order valence-electron chi connectivity index (χ2n) is 3.91. The standard InChI is InChI=1S/C13H14FNS/c1-9-4-5-11(12(14)7-9)13(15)8-10-3-2-6-16-10/h2-7,13H,8,15H2,1H3. The molecule has 16 heavy (non-hydrogen) atoms. The van der Waals surface area contributed by atoms with Gasteiger partial charge in [-0.25, -0.2) is 4.39 Å². The summed E-state index contributed by atoms with van der Waals surface area (Å²) in [5, 5.41) is 2.01. The van der Waals surface area contributed by atoms with E-state index in [1.54, 1.807) is 17.4 Å². The van der Waals surface area contributed by atoms with Gasteiger partial charge in [0.2, 0.25) is 0 Å². The third-order valence-electron chi connectivity index (χ3n) is 2.56. The fourth-order valence-electron chi connectivity index (χ4n) is 1.69. The average Bonchev–Trinajstić information content (AvgIpc) is 2.70. The number of thiophene rings is 1. The molecular formula is C13H14FNS. The van der Waals surface area contributed by atoms with Crippen molar-refractivity contribution in [3.05, 3.63) is 57.5 Å². The first-order valence-corrected chi connectivity index (χ1v) is 6.09. The number of hydrogen-bond donors (Lipinski definition) is 1. The molecule has 0 bridgehead atoms. The minimum absolute atomic E-state index is 0.205. The second kappa shape index (κ2) is 4.76. The number of aryl methyl sites for hydroxylation is 1. The van der Waals surface area contributed by atoms with Crippen molar-refractivity contribution < 1.29 is 4.39 Å². The summed E-state index contributed by atoms with van der Waals surface area (Å²) in [6, 6.07) is 8.95. The first-order chi connectivity index (χ1) is 7.66. The smallest absolute Gasteiger partial charge is 0.128 e. The Morgan fingerprint density at radius 3 is 2.81 bits per heavy atom. The molecule has 1 unspecified atom stereocenters. The van der Waals surface area contributed by atoms with Crippen LogP contribution in [0.5, 0.6) is 0 Å². The van der Waals surface area contributed by atoms with Gasteiger partial charge in [0, 0.05) is 22.9 Å². The van der Waals surface area contributed by atoms with Crippen LogP contribution in [0.3, 0.4) is 0 Å². The Bertz CT molecular complexity index is 465. The second-order valence-corrected chi connectivity index (χ2v) is 4.95. The largest absolute Gasteiger partial charge is 0.324 e. The van der Waals surface area contributed by atoms with E-state index < -0.39 is 0 Å². The SMILES string of the molecule is Cc1ccc(C(N)Cc2cccs2)c(F)c1. The van der Waals surface area contributed by atoms with Gasteiger partial charge in [0.25, 0.3) is 0 Å². The molecule has 1 aromatic heterocycles. The lowest BCUT2D eigenvalue weighted by Crippen LogP contribution is -2.14. The lowest BCUT2D eigenvalue weighted by molar-refractivity contribution is 0.580. The summed E-state index contributed by atoms with van der Waals surface area (Å²) in [4.78, 5) is 1.19. The van der Waals surface area contributed by atoms with E-state index >= 15 is 0 Å². The van der Waals surface area contributed by atoms with Crippen molar-refractivity contribution in [2.45, 2.75) is 19.4 Å². The van der Waals surface area contributed by atoms with Gasteiger partial charge in [-0.1, -0.05) is 18.2 Å². The van der Waals surface area contributed by atoms with Crippen molar-refractivity contribution in [2.24, 2.45) is 5.73 Å². The normalized spacial score (nSPS) is 12.7. The van der Waals surface area contributed by atoms with Crippen LogP contribution in [0.2, 0.25) is 0 Å². The van der Waals surface area contributed by atoms with Gasteiger partial charge in [0.1, 0.15) is 5.82 Å². The highest BCUT2D eigenvalue weighted by Crippen LogP contribution is 2.22. The van der Waals surface area contributed by atoms with Gasteiger partial charge in [0.05, 0.1) is 0 Å². The quantitative estimate of drug-likeness (QED) is 0.866. The van der Waals surface area contributed by atoms with Crippen LogP contribution in [0.25, 0.3) is 0 Å². The minimum atomic E-state index is -0.265. The Morgan fingerprint density at radius 2 is 2.19 bits per heavy atom. The van der Waals surface area contributed by atoms with Gasteiger partial charge in [-0.3, -0.25) is 0 Å². The molecule has 2 N–H and O–H groups in total. The Balaban J connectivity index is 2.17. The molecule has 0 fully saturated rings. The van der Waals surface area contributed by atoms with E-state index in [4.69, 9.17) is 5.73 Å². The third-order valence-corrected chi connectivity index (χ3v) is 3.46. The van der Waals surface area contributed by atoms with Crippen molar-refractivity contribution >= 4 is 11.3 Å². The number of benzene rings is 1. The van der Waals surface area contributed by atoms with Crippen molar-refractivity contribution in [1.82, 2.24) is 0 Å². The monoisotopic (exact) mass is 235 g/mol. The Hall–Kier alpha value is -1.19. The van der Waals surface area contributed by atoms with E-state index in [2.05, 4.69) is 0 Å². The van der Waals surface area contributed by atoms with Gasteiger partial charge >= 0.3 is 0 Å². The molecule has 0 saturated heterocycles. The lowest BCUT2D eigenvalue weighted by Gasteiger charge is -2.12. The molecule has 1 heterocycles. The van der Waals surface area contributed by atoms with Crippen LogP contribution in [-0.2, 0) is 6.42 Å². The van der Waals surface area contributed by atoms with Crippen LogP contribution in [0.1, 0.15) is 22.0 Å². The highest BCUT2D eigenvalue weighted by Gasteiger charge is 2.12. The predicted molar refractivity (Wildman–Crippen MR) is 66.1 cm³/mol. The zero-order chi connectivity index (χ0) is 11.5. The van der Waals surface area contributed by atoms with Crippen molar-refractivity contribution in [2.75, 3.05) is 0 Å². The lowest BCUT2D eigenvalue weighted by atomic mass is 10.0. The number of halogens is 1. The zero-order valence-electron chi connectivity index (χ0n) is 9.11. The molecule has 1 nitrogen and oxygen atoms in total. The van der Waals surface area contributed by atoms with E-state index in [0.29, 0.717) is 12.0 Å². The number of nitrogens with two attached hydrogens (primary N) is 1. The van der Waals surface area contributed by atoms with Crippen molar-refractivity contribution in [3.63, 3.8) is 0 Å². The predicted octanol–water partition coefficient (Wildman–Crippen LogP) is 3.44. The molecule has 0 radical (unpaired) electrons. The van der Waals surface area contributed by atoms with Gasteiger partial charge in [0.15, 0.2) is 0 Å². The molecular weight excluding hydrogens is 221 g/mol. The van der Waals surface area contributed by atoms with Crippen LogP contribution >= 0.6 is 11.3 Å². The summed E-state index contributed by atoms with van der Waals surface area (Å²) in [6.45, 7) is 1.87. The highest BCUT2D eigenvalue weighted by atomic mass is 32.1. The van der Waals surface area contributed by atoms with E-state index in [1.165, 1.54) is 10.9 Å². The molecule has 2 rings (SSSR count). The number of hydrogen-bond acceptors (Lipinski definition) is 2.